The van der Waals surface area contributed by atoms with Crippen molar-refractivity contribution >= 4 is 55.3 Å². The van der Waals surface area contributed by atoms with E-state index in [1.165, 1.54) is 48.3 Å². The predicted molar refractivity (Wildman–Crippen MR) is 102 cm³/mol. The summed E-state index contributed by atoms with van der Waals surface area (Å²) in [4.78, 5) is 25.7. The summed E-state index contributed by atoms with van der Waals surface area (Å²) >= 11 is 2.71. The maximum atomic E-state index is 12.6. The maximum Gasteiger partial charge on any atom is 0.417 e. The Morgan fingerprint density at radius 1 is 1.41 bits per heavy atom. The van der Waals surface area contributed by atoms with Gasteiger partial charge in [0.25, 0.3) is 0 Å². The van der Waals surface area contributed by atoms with Crippen molar-refractivity contribution in [1.82, 2.24) is 19.5 Å². The normalized spacial score (nSPS) is 12.0. The summed E-state index contributed by atoms with van der Waals surface area (Å²) in [6.45, 7) is 1.56. The standard InChI is InChI=1S/C14H15N5O5S3/c1-3-25-14-18-17-12(26-14)16-11(20)7-19(2)27(22,23)8-4-5-9-10(6-8)24-13(21)15-9/h4-6H,3,7H2,1-2H3,(H,15,21)(H,16,17,20). The summed E-state index contributed by atoms with van der Waals surface area (Å²) < 4.78 is 31.8. The van der Waals surface area contributed by atoms with Gasteiger partial charge >= 0.3 is 5.76 Å². The smallest absolute Gasteiger partial charge is 0.408 e. The van der Waals surface area contributed by atoms with Crippen LogP contribution in [0.4, 0.5) is 5.13 Å². The van der Waals surface area contributed by atoms with E-state index < -0.39 is 28.2 Å². The Hall–Kier alpha value is -2.22. The van der Waals surface area contributed by atoms with Gasteiger partial charge in [0.05, 0.1) is 17.0 Å². The fraction of sp³-hybridized carbons (Fsp3) is 0.286. The van der Waals surface area contributed by atoms with Crippen LogP contribution in [-0.2, 0) is 14.8 Å². The molecule has 0 spiro atoms. The Morgan fingerprint density at radius 3 is 2.93 bits per heavy atom. The summed E-state index contributed by atoms with van der Waals surface area (Å²) in [6, 6.07) is 3.99. The van der Waals surface area contributed by atoms with Gasteiger partial charge in [-0.3, -0.25) is 15.1 Å². The van der Waals surface area contributed by atoms with Crippen LogP contribution in [0.3, 0.4) is 0 Å². The molecule has 10 nitrogen and oxygen atoms in total. The minimum absolute atomic E-state index is 0.0920. The highest BCUT2D eigenvalue weighted by Crippen LogP contribution is 2.25. The summed E-state index contributed by atoms with van der Waals surface area (Å²) in [5.41, 5.74) is 0.505. The number of benzene rings is 1. The van der Waals surface area contributed by atoms with Crippen molar-refractivity contribution in [3.63, 3.8) is 0 Å². The molecule has 0 aliphatic carbocycles. The highest BCUT2D eigenvalue weighted by molar-refractivity contribution is 8.01. The number of likely N-dealkylation sites (N-methyl/N-ethyl adjacent to an activating group) is 1. The molecule has 0 aliphatic heterocycles. The van der Waals surface area contributed by atoms with Crippen LogP contribution in [-0.4, -0.2) is 53.2 Å². The van der Waals surface area contributed by atoms with Crippen molar-refractivity contribution in [3.8, 4) is 0 Å². The second-order valence-electron chi connectivity index (χ2n) is 5.29. The van der Waals surface area contributed by atoms with E-state index in [-0.39, 0.29) is 10.5 Å². The molecule has 0 radical (unpaired) electrons. The Kier molecular flexibility index (Phi) is 5.64. The van der Waals surface area contributed by atoms with Gasteiger partial charge < -0.3 is 4.42 Å². The average Bonchev–Trinajstić information content (AvgIpc) is 3.19. The van der Waals surface area contributed by atoms with Gasteiger partial charge in [-0.05, 0) is 17.9 Å². The van der Waals surface area contributed by atoms with E-state index in [2.05, 4.69) is 20.5 Å². The molecule has 1 amide bonds. The second-order valence-corrected chi connectivity index (χ2v) is 9.82. The molecule has 3 rings (SSSR count). The minimum atomic E-state index is -3.95. The van der Waals surface area contributed by atoms with Gasteiger partial charge in [0.15, 0.2) is 9.92 Å². The average molecular weight is 430 g/mol. The van der Waals surface area contributed by atoms with Crippen LogP contribution in [0.15, 0.2) is 36.6 Å². The third-order valence-corrected chi connectivity index (χ3v) is 7.04. The van der Waals surface area contributed by atoms with Crippen molar-refractivity contribution < 1.29 is 17.6 Å². The molecule has 0 unspecified atom stereocenters. The molecule has 2 heterocycles. The summed E-state index contributed by atoms with van der Waals surface area (Å²) in [5.74, 6) is -0.390. The van der Waals surface area contributed by atoms with Crippen LogP contribution in [0.5, 0.6) is 0 Å². The molecule has 2 N–H and O–H groups in total. The van der Waals surface area contributed by atoms with E-state index in [4.69, 9.17) is 4.42 Å². The van der Waals surface area contributed by atoms with E-state index in [0.717, 1.165) is 14.4 Å². The minimum Gasteiger partial charge on any atom is -0.408 e. The number of nitrogens with one attached hydrogen (secondary N) is 2. The third-order valence-electron chi connectivity index (χ3n) is 3.39. The Bertz CT molecular complexity index is 1130. The molecule has 0 saturated carbocycles. The first kappa shape index (κ1) is 19.5. The zero-order chi connectivity index (χ0) is 19.6. The lowest BCUT2D eigenvalue weighted by Crippen LogP contribution is -2.34. The summed E-state index contributed by atoms with van der Waals surface area (Å²) in [6.07, 6.45) is 0. The number of thioether (sulfide) groups is 1. The van der Waals surface area contributed by atoms with Crippen LogP contribution in [0.1, 0.15) is 6.92 Å². The highest BCUT2D eigenvalue weighted by Gasteiger charge is 2.24. The van der Waals surface area contributed by atoms with E-state index in [0.29, 0.717) is 10.6 Å². The Labute approximate surface area is 162 Å². The highest BCUT2D eigenvalue weighted by atomic mass is 32.2. The number of oxazole rings is 1. The first-order valence-corrected chi connectivity index (χ1v) is 10.9. The lowest BCUT2D eigenvalue weighted by Gasteiger charge is -2.16. The molecule has 27 heavy (non-hydrogen) atoms. The molecule has 144 valence electrons. The Morgan fingerprint density at radius 2 is 2.19 bits per heavy atom. The number of H-pyrrole nitrogens is 1. The van der Waals surface area contributed by atoms with Crippen molar-refractivity contribution in [2.75, 3.05) is 24.7 Å². The van der Waals surface area contributed by atoms with E-state index in [1.54, 1.807) is 0 Å². The molecule has 0 bridgehead atoms. The van der Waals surface area contributed by atoms with Crippen molar-refractivity contribution in [2.45, 2.75) is 16.2 Å². The van der Waals surface area contributed by atoms with Crippen molar-refractivity contribution in [3.05, 3.63) is 28.7 Å². The van der Waals surface area contributed by atoms with E-state index in [1.807, 2.05) is 6.92 Å². The fourth-order valence-electron chi connectivity index (χ4n) is 2.15. The summed E-state index contributed by atoms with van der Waals surface area (Å²) in [7, 11) is -2.67. The van der Waals surface area contributed by atoms with Crippen molar-refractivity contribution in [1.29, 1.82) is 0 Å². The molecule has 0 aliphatic rings. The van der Waals surface area contributed by atoms with Gasteiger partial charge in [-0.15, -0.1) is 10.2 Å². The van der Waals surface area contributed by atoms with E-state index >= 15 is 0 Å². The van der Waals surface area contributed by atoms with Gasteiger partial charge in [0, 0.05) is 13.1 Å². The van der Waals surface area contributed by atoms with Crippen LogP contribution in [0.25, 0.3) is 11.1 Å². The van der Waals surface area contributed by atoms with Gasteiger partial charge in [-0.25, -0.2) is 13.2 Å². The quantitative estimate of drug-likeness (QED) is 0.424. The van der Waals surface area contributed by atoms with Crippen LogP contribution >= 0.6 is 23.1 Å². The fourth-order valence-corrected chi connectivity index (χ4v) is 4.96. The largest absolute Gasteiger partial charge is 0.417 e. The molecule has 13 heteroatoms. The van der Waals surface area contributed by atoms with Crippen LogP contribution < -0.4 is 11.1 Å². The van der Waals surface area contributed by atoms with Crippen LogP contribution in [0.2, 0.25) is 0 Å². The van der Waals surface area contributed by atoms with Gasteiger partial charge in [-0.1, -0.05) is 30.0 Å². The number of anilines is 1. The number of hydrogen-bond donors (Lipinski definition) is 2. The van der Waals surface area contributed by atoms with Crippen LogP contribution in [0, 0.1) is 0 Å². The monoisotopic (exact) mass is 429 g/mol. The molecule has 3 aromatic rings. The number of fused-ring (bicyclic) bond motifs is 1. The number of sulfonamides is 1. The van der Waals surface area contributed by atoms with Gasteiger partial charge in [0.1, 0.15) is 0 Å². The zero-order valence-corrected chi connectivity index (χ0v) is 16.7. The maximum absolute atomic E-state index is 12.6. The molecule has 0 fully saturated rings. The zero-order valence-electron chi connectivity index (χ0n) is 14.3. The number of rotatable bonds is 7. The number of amides is 1. The molecular formula is C14H15N5O5S3. The SMILES string of the molecule is CCSc1nnc(NC(=O)CN(C)S(=O)(=O)c2ccc3[nH]c(=O)oc3c2)s1. The molecule has 0 atom stereocenters. The molecule has 0 saturated heterocycles. The molecule has 1 aromatic carbocycles. The molecular weight excluding hydrogens is 414 g/mol. The predicted octanol–water partition coefficient (Wildman–Crippen LogP) is 1.34. The number of nitrogens with zero attached hydrogens (tertiary/aromatic N) is 3. The van der Waals surface area contributed by atoms with E-state index in [9.17, 15) is 18.0 Å². The lowest BCUT2D eigenvalue weighted by atomic mass is 10.3. The number of aromatic amines is 1. The lowest BCUT2D eigenvalue weighted by molar-refractivity contribution is -0.116. The second kappa shape index (κ2) is 7.80. The number of carbonyl (C=O) groups is 1. The van der Waals surface area contributed by atoms with Crippen molar-refractivity contribution in [2.24, 2.45) is 0 Å². The Balaban J connectivity index is 1.71. The third kappa shape index (κ3) is 4.37. The first-order valence-electron chi connectivity index (χ1n) is 7.65. The number of aromatic nitrogens is 3. The topological polar surface area (TPSA) is 138 Å². The first-order chi connectivity index (χ1) is 12.8. The van der Waals surface area contributed by atoms with Gasteiger partial charge in [-0.2, -0.15) is 4.31 Å². The summed E-state index contributed by atoms with van der Waals surface area (Å²) in [5, 5.41) is 10.6. The number of carbonyl (C=O) groups excluding carboxylic acids is 1. The number of hydrogen-bond acceptors (Lipinski definition) is 9. The van der Waals surface area contributed by atoms with Gasteiger partial charge in [0.2, 0.25) is 21.1 Å². The molecule has 2 aromatic heterocycles.